The number of aromatic nitrogens is 3. The van der Waals surface area contributed by atoms with E-state index < -0.39 is 10.0 Å². The third-order valence-electron chi connectivity index (χ3n) is 3.82. The summed E-state index contributed by atoms with van der Waals surface area (Å²) in [7, 11) is -3.79. The average Bonchev–Trinajstić information content (AvgIpc) is 3.23. The van der Waals surface area contributed by atoms with Crippen LogP contribution in [0, 0.1) is 0 Å². The molecule has 0 saturated carbocycles. The molecule has 0 fully saturated rings. The third kappa shape index (κ3) is 3.51. The molecule has 4 aromatic rings. The first-order valence-electron chi connectivity index (χ1n) is 8.22. The van der Waals surface area contributed by atoms with Crippen LogP contribution in [0.15, 0.2) is 64.9 Å². The molecular weight excluding hydrogens is 384 g/mol. The fraction of sp³-hybridized carbons (Fsp3) is 0.111. The van der Waals surface area contributed by atoms with E-state index in [1.807, 2.05) is 42.6 Å². The molecule has 0 spiro atoms. The van der Waals surface area contributed by atoms with Crippen LogP contribution in [0.3, 0.4) is 0 Å². The molecule has 0 radical (unpaired) electrons. The Morgan fingerprint density at radius 3 is 2.56 bits per heavy atom. The molecule has 0 amide bonds. The van der Waals surface area contributed by atoms with E-state index in [1.54, 1.807) is 16.6 Å². The summed E-state index contributed by atoms with van der Waals surface area (Å²) in [6.07, 6.45) is 0. The van der Waals surface area contributed by atoms with Gasteiger partial charge in [-0.1, -0.05) is 30.3 Å². The summed E-state index contributed by atoms with van der Waals surface area (Å²) in [5, 5.41) is 6.25. The van der Waals surface area contributed by atoms with Gasteiger partial charge >= 0.3 is 0 Å². The normalized spacial score (nSPS) is 11.6. The summed E-state index contributed by atoms with van der Waals surface area (Å²) in [6.45, 7) is 2.38. The van der Waals surface area contributed by atoms with Gasteiger partial charge in [0.05, 0.1) is 17.2 Å². The highest BCUT2D eigenvalue weighted by Gasteiger charge is 2.19. The van der Waals surface area contributed by atoms with Crippen LogP contribution in [0.2, 0.25) is 0 Å². The monoisotopic (exact) mass is 400 g/mol. The maximum Gasteiger partial charge on any atom is 0.264 e. The Bertz CT molecular complexity index is 1170. The SMILES string of the molecule is CCOc1ccc(S(=O)(=O)Nc2nc3scc(-c4ccccc4)n3n2)cc1. The van der Waals surface area contributed by atoms with Crippen LogP contribution in [0.1, 0.15) is 6.92 Å². The van der Waals surface area contributed by atoms with Crippen molar-refractivity contribution in [2.24, 2.45) is 0 Å². The summed E-state index contributed by atoms with van der Waals surface area (Å²) >= 11 is 1.40. The third-order valence-corrected chi connectivity index (χ3v) is 5.98. The van der Waals surface area contributed by atoms with Crippen LogP contribution >= 0.6 is 11.3 Å². The predicted octanol–water partition coefficient (Wildman–Crippen LogP) is 3.66. The molecule has 7 nitrogen and oxygen atoms in total. The summed E-state index contributed by atoms with van der Waals surface area (Å²) < 4.78 is 34.6. The van der Waals surface area contributed by atoms with Crippen molar-refractivity contribution in [2.45, 2.75) is 11.8 Å². The van der Waals surface area contributed by atoms with Crippen LogP contribution < -0.4 is 9.46 Å². The zero-order valence-corrected chi connectivity index (χ0v) is 16.0. The lowest BCUT2D eigenvalue weighted by Crippen LogP contribution is -2.14. The topological polar surface area (TPSA) is 85.6 Å². The molecule has 2 aromatic carbocycles. The number of hydrogen-bond donors (Lipinski definition) is 1. The molecule has 2 aromatic heterocycles. The Morgan fingerprint density at radius 1 is 1.11 bits per heavy atom. The van der Waals surface area contributed by atoms with Crippen molar-refractivity contribution in [3.8, 4) is 17.0 Å². The standard InChI is InChI=1S/C18H16N4O3S2/c1-2-25-14-8-10-15(11-9-14)27(23,24)21-17-19-18-22(20-17)16(12-26-18)13-6-4-3-5-7-13/h3-12H,2H2,1H3,(H,20,21). The highest BCUT2D eigenvalue weighted by molar-refractivity contribution is 7.92. The maximum absolute atomic E-state index is 12.6. The molecule has 2 heterocycles. The summed E-state index contributed by atoms with van der Waals surface area (Å²) in [5.41, 5.74) is 1.84. The molecule has 0 aliphatic heterocycles. The lowest BCUT2D eigenvalue weighted by Gasteiger charge is -2.06. The number of thiazole rings is 1. The highest BCUT2D eigenvalue weighted by Crippen LogP contribution is 2.26. The number of benzene rings is 2. The van der Waals surface area contributed by atoms with E-state index in [2.05, 4.69) is 14.8 Å². The average molecular weight is 400 g/mol. The fourth-order valence-corrected chi connectivity index (χ4v) is 4.36. The van der Waals surface area contributed by atoms with E-state index in [0.717, 1.165) is 11.3 Å². The van der Waals surface area contributed by atoms with E-state index >= 15 is 0 Å². The van der Waals surface area contributed by atoms with Crippen LogP contribution in [-0.4, -0.2) is 29.6 Å². The molecule has 0 aliphatic carbocycles. The number of rotatable bonds is 6. The van der Waals surface area contributed by atoms with Gasteiger partial charge in [0.2, 0.25) is 4.96 Å². The van der Waals surface area contributed by atoms with Crippen LogP contribution in [0.25, 0.3) is 16.2 Å². The molecule has 27 heavy (non-hydrogen) atoms. The van der Waals surface area contributed by atoms with Gasteiger partial charge in [-0.3, -0.25) is 0 Å². The zero-order chi connectivity index (χ0) is 18.9. The van der Waals surface area contributed by atoms with E-state index in [1.165, 1.54) is 23.5 Å². The van der Waals surface area contributed by atoms with E-state index in [-0.39, 0.29) is 10.8 Å². The van der Waals surface area contributed by atoms with Crippen LogP contribution in [-0.2, 0) is 10.0 Å². The molecular formula is C18H16N4O3S2. The minimum Gasteiger partial charge on any atom is -0.494 e. The second-order valence-corrected chi connectivity index (χ2v) is 8.15. The molecule has 0 bridgehead atoms. The Morgan fingerprint density at radius 2 is 1.85 bits per heavy atom. The number of fused-ring (bicyclic) bond motifs is 1. The molecule has 1 N–H and O–H groups in total. The second-order valence-electron chi connectivity index (χ2n) is 5.63. The first kappa shape index (κ1) is 17.5. The van der Waals surface area contributed by atoms with Crippen molar-refractivity contribution < 1.29 is 13.2 Å². The van der Waals surface area contributed by atoms with Crippen molar-refractivity contribution in [3.63, 3.8) is 0 Å². The van der Waals surface area contributed by atoms with Crippen LogP contribution in [0.4, 0.5) is 5.95 Å². The van der Waals surface area contributed by atoms with Gasteiger partial charge in [0, 0.05) is 10.9 Å². The Balaban J connectivity index is 1.62. The van der Waals surface area contributed by atoms with E-state index in [0.29, 0.717) is 17.3 Å². The van der Waals surface area contributed by atoms with Crippen molar-refractivity contribution >= 4 is 32.3 Å². The number of nitrogens with one attached hydrogen (secondary N) is 1. The van der Waals surface area contributed by atoms with Gasteiger partial charge in [-0.2, -0.15) is 4.98 Å². The van der Waals surface area contributed by atoms with Crippen LogP contribution in [0.5, 0.6) is 5.75 Å². The smallest absolute Gasteiger partial charge is 0.264 e. The van der Waals surface area contributed by atoms with E-state index in [9.17, 15) is 8.42 Å². The molecule has 9 heteroatoms. The predicted molar refractivity (Wildman–Crippen MR) is 105 cm³/mol. The van der Waals surface area contributed by atoms with Gasteiger partial charge in [-0.15, -0.1) is 16.4 Å². The number of ether oxygens (including phenoxy) is 1. The highest BCUT2D eigenvalue weighted by atomic mass is 32.2. The quantitative estimate of drug-likeness (QED) is 0.534. The maximum atomic E-state index is 12.6. The zero-order valence-electron chi connectivity index (χ0n) is 14.4. The summed E-state index contributed by atoms with van der Waals surface area (Å²) in [4.78, 5) is 5.00. The minimum atomic E-state index is -3.79. The van der Waals surface area contributed by atoms with E-state index in [4.69, 9.17) is 4.74 Å². The van der Waals surface area contributed by atoms with Crippen molar-refractivity contribution in [3.05, 3.63) is 60.0 Å². The Kier molecular flexibility index (Phi) is 4.54. The number of sulfonamides is 1. The molecule has 4 rings (SSSR count). The lowest BCUT2D eigenvalue weighted by molar-refractivity contribution is 0.340. The van der Waals surface area contributed by atoms with Gasteiger partial charge < -0.3 is 4.74 Å². The molecule has 0 saturated heterocycles. The second kappa shape index (κ2) is 7.01. The van der Waals surface area contributed by atoms with Gasteiger partial charge in [0.25, 0.3) is 16.0 Å². The lowest BCUT2D eigenvalue weighted by atomic mass is 10.2. The summed E-state index contributed by atoms with van der Waals surface area (Å²) in [5.74, 6) is 0.650. The molecule has 0 unspecified atom stereocenters. The number of anilines is 1. The molecule has 138 valence electrons. The summed E-state index contributed by atoms with van der Waals surface area (Å²) in [6, 6.07) is 15.9. The van der Waals surface area contributed by atoms with Crippen molar-refractivity contribution in [2.75, 3.05) is 11.3 Å². The van der Waals surface area contributed by atoms with Crippen molar-refractivity contribution in [1.29, 1.82) is 0 Å². The first-order valence-corrected chi connectivity index (χ1v) is 10.6. The number of nitrogens with zero attached hydrogens (tertiary/aromatic N) is 3. The van der Waals surface area contributed by atoms with Gasteiger partial charge in [-0.05, 0) is 31.2 Å². The Labute approximate surface area is 160 Å². The number of hydrogen-bond acceptors (Lipinski definition) is 6. The Hall–Kier alpha value is -2.91. The largest absolute Gasteiger partial charge is 0.494 e. The fourth-order valence-electron chi connectivity index (χ4n) is 2.59. The van der Waals surface area contributed by atoms with Gasteiger partial charge in [-0.25, -0.2) is 17.7 Å². The van der Waals surface area contributed by atoms with Gasteiger partial charge in [0.15, 0.2) is 0 Å². The molecule has 0 aliphatic rings. The van der Waals surface area contributed by atoms with Crippen molar-refractivity contribution in [1.82, 2.24) is 14.6 Å². The first-order chi connectivity index (χ1) is 13.1. The molecule has 0 atom stereocenters. The minimum absolute atomic E-state index is 0.0351. The van der Waals surface area contributed by atoms with Gasteiger partial charge in [0.1, 0.15) is 5.75 Å².